The average Bonchev–Trinajstić information content (AvgIpc) is 2.35. The third kappa shape index (κ3) is 5.21. The topological polar surface area (TPSA) is 32.3 Å². The number of amides is 1. The molecule has 0 fully saturated rings. The van der Waals surface area contributed by atoms with Crippen molar-refractivity contribution in [2.45, 2.75) is 33.4 Å². The number of carbonyl (C=O) groups is 1. The van der Waals surface area contributed by atoms with E-state index in [4.69, 9.17) is 11.6 Å². The van der Waals surface area contributed by atoms with E-state index in [0.29, 0.717) is 17.5 Å². The SMILES string of the molecule is CC(C)CN(C)[C@H](C)C(=O)NCc1ccccc1Cl. The van der Waals surface area contributed by atoms with E-state index in [9.17, 15) is 4.79 Å². The van der Waals surface area contributed by atoms with E-state index >= 15 is 0 Å². The van der Waals surface area contributed by atoms with Crippen molar-refractivity contribution in [3.05, 3.63) is 34.9 Å². The zero-order valence-electron chi connectivity index (χ0n) is 12.1. The van der Waals surface area contributed by atoms with Crippen molar-refractivity contribution in [1.82, 2.24) is 10.2 Å². The van der Waals surface area contributed by atoms with Crippen LogP contribution >= 0.6 is 11.6 Å². The van der Waals surface area contributed by atoms with Crippen molar-refractivity contribution in [2.75, 3.05) is 13.6 Å². The maximum Gasteiger partial charge on any atom is 0.237 e. The maximum atomic E-state index is 12.1. The van der Waals surface area contributed by atoms with Gasteiger partial charge in [-0.1, -0.05) is 43.6 Å². The molecule has 4 heteroatoms. The van der Waals surface area contributed by atoms with E-state index in [1.54, 1.807) is 0 Å². The van der Waals surface area contributed by atoms with Crippen LogP contribution in [0.3, 0.4) is 0 Å². The van der Waals surface area contributed by atoms with Crippen LogP contribution in [0.15, 0.2) is 24.3 Å². The molecule has 106 valence electrons. The Labute approximate surface area is 120 Å². The summed E-state index contributed by atoms with van der Waals surface area (Å²) in [6.07, 6.45) is 0. The number of rotatable bonds is 6. The normalized spacial score (nSPS) is 12.8. The molecule has 0 radical (unpaired) electrons. The van der Waals surface area contributed by atoms with Crippen LogP contribution in [0.25, 0.3) is 0 Å². The molecule has 0 saturated heterocycles. The second-order valence-electron chi connectivity index (χ2n) is 5.32. The second kappa shape index (κ2) is 7.51. The number of hydrogen-bond acceptors (Lipinski definition) is 2. The van der Waals surface area contributed by atoms with Crippen molar-refractivity contribution >= 4 is 17.5 Å². The van der Waals surface area contributed by atoms with Gasteiger partial charge in [-0.15, -0.1) is 0 Å². The monoisotopic (exact) mass is 282 g/mol. The summed E-state index contributed by atoms with van der Waals surface area (Å²) in [4.78, 5) is 14.1. The first kappa shape index (κ1) is 16.0. The van der Waals surface area contributed by atoms with Crippen molar-refractivity contribution in [2.24, 2.45) is 5.92 Å². The molecule has 0 bridgehead atoms. The van der Waals surface area contributed by atoms with Crippen LogP contribution in [0.1, 0.15) is 26.3 Å². The first-order chi connectivity index (χ1) is 8.91. The summed E-state index contributed by atoms with van der Waals surface area (Å²) in [5.74, 6) is 0.576. The van der Waals surface area contributed by atoms with E-state index < -0.39 is 0 Å². The third-order valence-corrected chi connectivity index (χ3v) is 3.47. The highest BCUT2D eigenvalue weighted by molar-refractivity contribution is 6.31. The minimum Gasteiger partial charge on any atom is -0.351 e. The largest absolute Gasteiger partial charge is 0.351 e. The summed E-state index contributed by atoms with van der Waals surface area (Å²) >= 11 is 6.06. The molecule has 0 spiro atoms. The molecule has 0 aliphatic carbocycles. The van der Waals surface area contributed by atoms with Gasteiger partial charge in [0.1, 0.15) is 0 Å². The van der Waals surface area contributed by atoms with Gasteiger partial charge >= 0.3 is 0 Å². The van der Waals surface area contributed by atoms with E-state index in [1.807, 2.05) is 38.2 Å². The zero-order chi connectivity index (χ0) is 14.4. The van der Waals surface area contributed by atoms with E-state index in [-0.39, 0.29) is 11.9 Å². The van der Waals surface area contributed by atoms with Crippen molar-refractivity contribution < 1.29 is 4.79 Å². The number of nitrogens with one attached hydrogen (secondary N) is 1. The van der Waals surface area contributed by atoms with Gasteiger partial charge in [-0.25, -0.2) is 0 Å². The van der Waals surface area contributed by atoms with Crippen LogP contribution in [-0.2, 0) is 11.3 Å². The third-order valence-electron chi connectivity index (χ3n) is 3.10. The van der Waals surface area contributed by atoms with E-state index in [0.717, 1.165) is 12.1 Å². The minimum atomic E-state index is -0.134. The standard InChI is InChI=1S/C15H23ClN2O/c1-11(2)10-18(4)12(3)15(19)17-9-13-7-5-6-8-14(13)16/h5-8,11-12H,9-10H2,1-4H3,(H,17,19)/t12-/m1/s1. The number of likely N-dealkylation sites (N-methyl/N-ethyl adjacent to an activating group) is 1. The van der Waals surface area contributed by atoms with Crippen LogP contribution in [0, 0.1) is 5.92 Å². The van der Waals surface area contributed by atoms with E-state index in [2.05, 4.69) is 24.1 Å². The summed E-state index contributed by atoms with van der Waals surface area (Å²) in [6, 6.07) is 7.42. The highest BCUT2D eigenvalue weighted by Gasteiger charge is 2.18. The predicted molar refractivity (Wildman–Crippen MR) is 80.2 cm³/mol. The Kier molecular flexibility index (Phi) is 6.32. The highest BCUT2D eigenvalue weighted by Crippen LogP contribution is 2.14. The number of nitrogens with zero attached hydrogens (tertiary/aromatic N) is 1. The van der Waals surface area contributed by atoms with Gasteiger partial charge in [0.05, 0.1) is 6.04 Å². The summed E-state index contributed by atoms with van der Waals surface area (Å²) < 4.78 is 0. The summed E-state index contributed by atoms with van der Waals surface area (Å²) in [5, 5.41) is 3.61. The molecule has 0 aromatic heterocycles. The molecule has 0 heterocycles. The Hall–Kier alpha value is -1.06. The van der Waals surface area contributed by atoms with Gasteiger partial charge in [0, 0.05) is 18.1 Å². The summed E-state index contributed by atoms with van der Waals surface area (Å²) in [6.45, 7) is 7.58. The Bertz CT molecular complexity index is 420. The molecule has 1 amide bonds. The Morgan fingerprint density at radius 1 is 1.32 bits per heavy atom. The fourth-order valence-corrected chi connectivity index (χ4v) is 2.11. The molecule has 1 rings (SSSR count). The molecular weight excluding hydrogens is 260 g/mol. The fourth-order valence-electron chi connectivity index (χ4n) is 1.91. The molecule has 0 aliphatic heterocycles. The van der Waals surface area contributed by atoms with Gasteiger partial charge in [0.15, 0.2) is 0 Å². The average molecular weight is 283 g/mol. The summed E-state index contributed by atoms with van der Waals surface area (Å²) in [5.41, 5.74) is 0.941. The molecule has 3 nitrogen and oxygen atoms in total. The summed E-state index contributed by atoms with van der Waals surface area (Å²) in [7, 11) is 1.97. The molecule has 0 saturated carbocycles. The molecule has 0 aliphatic rings. The van der Waals surface area contributed by atoms with Crippen molar-refractivity contribution in [3.8, 4) is 0 Å². The lowest BCUT2D eigenvalue weighted by Gasteiger charge is -2.25. The molecule has 1 atom stereocenters. The van der Waals surface area contributed by atoms with E-state index in [1.165, 1.54) is 0 Å². The van der Waals surface area contributed by atoms with Crippen LogP contribution in [0.4, 0.5) is 0 Å². The van der Waals surface area contributed by atoms with Gasteiger partial charge < -0.3 is 5.32 Å². The molecule has 0 unspecified atom stereocenters. The van der Waals surface area contributed by atoms with Gasteiger partial charge in [-0.05, 0) is 31.5 Å². The lowest BCUT2D eigenvalue weighted by Crippen LogP contribution is -2.44. The quantitative estimate of drug-likeness (QED) is 0.870. The minimum absolute atomic E-state index is 0.0306. The number of halogens is 1. The molecule has 1 aromatic carbocycles. The first-order valence-corrected chi connectivity index (χ1v) is 7.01. The molecule has 1 N–H and O–H groups in total. The highest BCUT2D eigenvalue weighted by atomic mass is 35.5. The van der Waals surface area contributed by atoms with Crippen LogP contribution in [0.5, 0.6) is 0 Å². The van der Waals surface area contributed by atoms with Crippen LogP contribution in [-0.4, -0.2) is 30.4 Å². The number of carbonyl (C=O) groups excluding carboxylic acids is 1. The van der Waals surface area contributed by atoms with Gasteiger partial charge in [0.2, 0.25) is 5.91 Å². The molecular formula is C15H23ClN2O. The Balaban J connectivity index is 2.49. The van der Waals surface area contributed by atoms with Gasteiger partial charge in [0.25, 0.3) is 0 Å². The van der Waals surface area contributed by atoms with Gasteiger partial charge in [-0.2, -0.15) is 0 Å². The maximum absolute atomic E-state index is 12.1. The lowest BCUT2D eigenvalue weighted by atomic mass is 10.1. The lowest BCUT2D eigenvalue weighted by molar-refractivity contribution is -0.125. The first-order valence-electron chi connectivity index (χ1n) is 6.63. The molecule has 1 aromatic rings. The van der Waals surface area contributed by atoms with Gasteiger partial charge in [-0.3, -0.25) is 9.69 Å². The van der Waals surface area contributed by atoms with Crippen LogP contribution < -0.4 is 5.32 Å². The Morgan fingerprint density at radius 2 is 1.95 bits per heavy atom. The zero-order valence-corrected chi connectivity index (χ0v) is 12.9. The molecule has 19 heavy (non-hydrogen) atoms. The Morgan fingerprint density at radius 3 is 2.53 bits per heavy atom. The van der Waals surface area contributed by atoms with Crippen molar-refractivity contribution in [1.29, 1.82) is 0 Å². The smallest absolute Gasteiger partial charge is 0.237 e. The van der Waals surface area contributed by atoms with Crippen LogP contribution in [0.2, 0.25) is 5.02 Å². The second-order valence-corrected chi connectivity index (χ2v) is 5.73. The number of benzene rings is 1. The fraction of sp³-hybridized carbons (Fsp3) is 0.533. The number of hydrogen-bond donors (Lipinski definition) is 1. The van der Waals surface area contributed by atoms with Crippen molar-refractivity contribution in [3.63, 3.8) is 0 Å². The predicted octanol–water partition coefficient (Wildman–Crippen LogP) is 2.93.